The summed E-state index contributed by atoms with van der Waals surface area (Å²) >= 11 is 0. The van der Waals surface area contributed by atoms with Crippen LogP contribution in [0.25, 0.3) is 0 Å². The number of sulfonamides is 1. The Morgan fingerprint density at radius 2 is 2.00 bits per heavy atom. The Morgan fingerprint density at radius 1 is 1.35 bits per heavy atom. The largest absolute Gasteiger partial charge is 0.385 e. The predicted molar refractivity (Wildman–Crippen MR) is 81.3 cm³/mol. The molecule has 0 unspecified atom stereocenters. The molecular weight excluding hydrogens is 325 g/mol. The zero-order valence-electron chi connectivity index (χ0n) is 12.6. The molecule has 126 valence electrons. The van der Waals surface area contributed by atoms with Gasteiger partial charge in [-0.2, -0.15) is 4.31 Å². The lowest BCUT2D eigenvalue weighted by Crippen LogP contribution is -2.48. The SMILES string of the molecule is CC(N)=NOC(=O)[C@@H]1CCCCN1S(=O)(=O)c1ccc(F)cc1. The summed E-state index contributed by atoms with van der Waals surface area (Å²) in [5.41, 5.74) is 5.30. The number of oxime groups is 1. The fourth-order valence-electron chi connectivity index (χ4n) is 2.35. The summed E-state index contributed by atoms with van der Waals surface area (Å²) in [6, 6.07) is 3.49. The van der Waals surface area contributed by atoms with Crippen molar-refractivity contribution >= 4 is 21.8 Å². The van der Waals surface area contributed by atoms with Crippen LogP contribution in [0.5, 0.6) is 0 Å². The first-order valence-electron chi connectivity index (χ1n) is 7.10. The van der Waals surface area contributed by atoms with Gasteiger partial charge in [-0.3, -0.25) is 0 Å². The van der Waals surface area contributed by atoms with Gasteiger partial charge in [-0.25, -0.2) is 17.6 Å². The van der Waals surface area contributed by atoms with Gasteiger partial charge in [0.2, 0.25) is 10.0 Å². The maximum absolute atomic E-state index is 13.0. The van der Waals surface area contributed by atoms with E-state index in [0.717, 1.165) is 16.4 Å². The zero-order chi connectivity index (χ0) is 17.0. The number of benzene rings is 1. The molecule has 1 aliphatic heterocycles. The van der Waals surface area contributed by atoms with Gasteiger partial charge in [0.15, 0.2) is 0 Å². The number of halogens is 1. The molecule has 0 bridgehead atoms. The number of amidine groups is 1. The summed E-state index contributed by atoms with van der Waals surface area (Å²) in [7, 11) is -3.93. The lowest BCUT2D eigenvalue weighted by Gasteiger charge is -2.32. The highest BCUT2D eigenvalue weighted by Gasteiger charge is 2.38. The molecule has 23 heavy (non-hydrogen) atoms. The van der Waals surface area contributed by atoms with Crippen molar-refractivity contribution in [2.75, 3.05) is 6.54 Å². The van der Waals surface area contributed by atoms with Crippen LogP contribution in [0.3, 0.4) is 0 Å². The molecule has 0 radical (unpaired) electrons. The molecular formula is C14H18FN3O4S. The summed E-state index contributed by atoms with van der Waals surface area (Å²) in [4.78, 5) is 16.7. The van der Waals surface area contributed by atoms with E-state index in [1.54, 1.807) is 0 Å². The number of nitrogens with two attached hydrogens (primary N) is 1. The van der Waals surface area contributed by atoms with E-state index in [1.165, 1.54) is 19.1 Å². The third-order valence-electron chi connectivity index (χ3n) is 3.43. The van der Waals surface area contributed by atoms with Gasteiger partial charge in [-0.1, -0.05) is 5.16 Å². The van der Waals surface area contributed by atoms with Crippen LogP contribution in [-0.4, -0.2) is 37.1 Å². The predicted octanol–water partition coefficient (Wildman–Crippen LogP) is 1.20. The van der Waals surface area contributed by atoms with Crippen LogP contribution in [0, 0.1) is 5.82 Å². The lowest BCUT2D eigenvalue weighted by atomic mass is 10.1. The highest BCUT2D eigenvalue weighted by molar-refractivity contribution is 7.89. The molecule has 0 aliphatic carbocycles. The summed E-state index contributed by atoms with van der Waals surface area (Å²) < 4.78 is 39.4. The molecule has 1 saturated heterocycles. The molecule has 9 heteroatoms. The Hall–Kier alpha value is -2.00. The number of carbonyl (C=O) groups is 1. The summed E-state index contributed by atoms with van der Waals surface area (Å²) in [5.74, 6) is -1.26. The molecule has 2 rings (SSSR count). The van der Waals surface area contributed by atoms with Gasteiger partial charge in [0, 0.05) is 6.54 Å². The van der Waals surface area contributed by atoms with Crippen LogP contribution in [0.1, 0.15) is 26.2 Å². The molecule has 1 aromatic rings. The van der Waals surface area contributed by atoms with Gasteiger partial charge in [-0.05, 0) is 50.5 Å². The van der Waals surface area contributed by atoms with Crippen LogP contribution in [0.15, 0.2) is 34.3 Å². The number of rotatable bonds is 4. The van der Waals surface area contributed by atoms with Gasteiger partial charge in [-0.15, -0.1) is 0 Å². The quantitative estimate of drug-likeness (QED) is 0.383. The van der Waals surface area contributed by atoms with E-state index in [4.69, 9.17) is 5.73 Å². The normalized spacial score (nSPS) is 20.3. The van der Waals surface area contributed by atoms with Crippen molar-refractivity contribution < 1.29 is 22.4 Å². The molecule has 0 saturated carbocycles. The average molecular weight is 343 g/mol. The van der Waals surface area contributed by atoms with Crippen LogP contribution < -0.4 is 5.73 Å². The summed E-state index contributed by atoms with van der Waals surface area (Å²) in [6.45, 7) is 1.63. The number of nitrogens with zero attached hydrogens (tertiary/aromatic N) is 2. The van der Waals surface area contributed by atoms with Gasteiger partial charge in [0.05, 0.1) is 4.90 Å². The fourth-order valence-corrected chi connectivity index (χ4v) is 3.99. The smallest absolute Gasteiger partial charge is 0.353 e. The number of piperidine rings is 1. The molecule has 0 amide bonds. The van der Waals surface area contributed by atoms with Crippen LogP contribution in [0.4, 0.5) is 4.39 Å². The van der Waals surface area contributed by atoms with Crippen molar-refractivity contribution in [3.05, 3.63) is 30.1 Å². The Kier molecular flexibility index (Phi) is 5.32. The molecule has 1 atom stereocenters. The van der Waals surface area contributed by atoms with Gasteiger partial charge in [0.1, 0.15) is 17.7 Å². The number of hydrogen-bond acceptors (Lipinski definition) is 5. The topological polar surface area (TPSA) is 102 Å². The summed E-state index contributed by atoms with van der Waals surface area (Å²) in [6.07, 6.45) is 1.66. The lowest BCUT2D eigenvalue weighted by molar-refractivity contribution is -0.149. The van der Waals surface area contributed by atoms with Crippen LogP contribution in [-0.2, 0) is 19.7 Å². The molecule has 0 aromatic heterocycles. The van der Waals surface area contributed by atoms with E-state index in [9.17, 15) is 17.6 Å². The van der Waals surface area contributed by atoms with Gasteiger partial charge >= 0.3 is 5.97 Å². The Bertz CT molecular complexity index is 699. The maximum Gasteiger partial charge on any atom is 0.353 e. The summed E-state index contributed by atoms with van der Waals surface area (Å²) in [5, 5.41) is 3.37. The van der Waals surface area contributed by atoms with Crippen LogP contribution >= 0.6 is 0 Å². The Labute approximate surface area is 133 Å². The highest BCUT2D eigenvalue weighted by Crippen LogP contribution is 2.26. The first kappa shape index (κ1) is 17.4. The molecule has 1 heterocycles. The molecule has 7 nitrogen and oxygen atoms in total. The van der Waals surface area contributed by atoms with E-state index in [0.29, 0.717) is 19.3 Å². The zero-order valence-corrected chi connectivity index (χ0v) is 13.4. The second kappa shape index (κ2) is 7.05. The van der Waals surface area contributed by atoms with E-state index in [1.807, 2.05) is 0 Å². The third-order valence-corrected chi connectivity index (χ3v) is 5.35. The first-order valence-corrected chi connectivity index (χ1v) is 8.54. The minimum absolute atomic E-state index is 0.0575. The van der Waals surface area contributed by atoms with Gasteiger partial charge < -0.3 is 10.6 Å². The molecule has 0 spiro atoms. The van der Waals surface area contributed by atoms with Crippen molar-refractivity contribution in [2.45, 2.75) is 37.1 Å². The number of hydrogen-bond donors (Lipinski definition) is 1. The number of carbonyl (C=O) groups excluding carboxylic acids is 1. The van der Waals surface area contributed by atoms with Gasteiger partial charge in [0.25, 0.3) is 0 Å². The van der Waals surface area contributed by atoms with E-state index in [2.05, 4.69) is 9.99 Å². The average Bonchev–Trinajstić information content (AvgIpc) is 2.53. The van der Waals surface area contributed by atoms with Crippen LogP contribution in [0.2, 0.25) is 0 Å². The van der Waals surface area contributed by atoms with E-state index >= 15 is 0 Å². The minimum atomic E-state index is -3.93. The second-order valence-corrected chi connectivity index (χ2v) is 7.11. The third kappa shape index (κ3) is 4.05. The maximum atomic E-state index is 13.0. The van der Waals surface area contributed by atoms with Crippen molar-refractivity contribution in [1.82, 2.24) is 4.31 Å². The minimum Gasteiger partial charge on any atom is -0.385 e. The molecule has 1 aromatic carbocycles. The van der Waals surface area contributed by atoms with Crippen molar-refractivity contribution in [1.29, 1.82) is 0 Å². The standard InChI is InChI=1S/C14H18FN3O4S/c1-10(16)17-22-14(19)13-4-2-3-9-18(13)23(20,21)12-7-5-11(15)6-8-12/h5-8,13H,2-4,9H2,1H3,(H2,16,17)/t13-/m0/s1. The Morgan fingerprint density at radius 3 is 2.61 bits per heavy atom. The van der Waals surface area contributed by atoms with Crippen molar-refractivity contribution in [3.8, 4) is 0 Å². The Balaban J connectivity index is 2.28. The van der Waals surface area contributed by atoms with E-state index < -0.39 is 27.9 Å². The fraction of sp³-hybridized carbons (Fsp3) is 0.429. The monoisotopic (exact) mass is 343 g/mol. The highest BCUT2D eigenvalue weighted by atomic mass is 32.2. The van der Waals surface area contributed by atoms with Crippen molar-refractivity contribution in [3.63, 3.8) is 0 Å². The molecule has 1 fully saturated rings. The van der Waals surface area contributed by atoms with Crippen molar-refractivity contribution in [2.24, 2.45) is 10.9 Å². The molecule has 2 N–H and O–H groups in total. The molecule has 1 aliphatic rings. The van der Waals surface area contributed by atoms with E-state index in [-0.39, 0.29) is 17.3 Å². The first-order chi connectivity index (χ1) is 10.8. The second-order valence-electron chi connectivity index (χ2n) is 5.22.